The Kier molecular flexibility index (Phi) is 2.49. The van der Waals surface area contributed by atoms with Crippen molar-refractivity contribution < 1.29 is 9.53 Å². The maximum Gasteiger partial charge on any atom is 0.337 e. The number of hydrogen-bond donors (Lipinski definition) is 0. The molecule has 4 nitrogen and oxygen atoms in total. The smallest absolute Gasteiger partial charge is 0.337 e. The van der Waals surface area contributed by atoms with E-state index in [1.54, 1.807) is 18.2 Å². The van der Waals surface area contributed by atoms with Crippen molar-refractivity contribution in [3.05, 3.63) is 39.8 Å². The van der Waals surface area contributed by atoms with Gasteiger partial charge in [0, 0.05) is 0 Å². The van der Waals surface area contributed by atoms with E-state index in [0.717, 1.165) is 24.0 Å². The van der Waals surface area contributed by atoms with Crippen LogP contribution in [0.2, 0.25) is 0 Å². The Morgan fingerprint density at radius 1 is 1.53 bits per heavy atom. The van der Waals surface area contributed by atoms with Crippen molar-refractivity contribution in [3.63, 3.8) is 0 Å². The van der Waals surface area contributed by atoms with E-state index in [2.05, 4.69) is 9.91 Å². The van der Waals surface area contributed by atoms with Crippen molar-refractivity contribution in [1.82, 2.24) is 0 Å². The number of aryl methyl sites for hydroxylation is 1. The van der Waals surface area contributed by atoms with E-state index < -0.39 is 0 Å². The quantitative estimate of drug-likeness (QED) is 0.549. The zero-order valence-corrected chi connectivity index (χ0v) is 8.40. The predicted molar refractivity (Wildman–Crippen MR) is 54.6 cm³/mol. The van der Waals surface area contributed by atoms with Crippen LogP contribution < -0.4 is 0 Å². The number of carbonyl (C=O) groups excluding carboxylic acids is 1. The Labute approximate surface area is 87.2 Å². The van der Waals surface area contributed by atoms with Crippen LogP contribution in [0.1, 0.15) is 33.9 Å². The molecule has 4 heteroatoms. The monoisotopic (exact) mass is 205 g/mol. The van der Waals surface area contributed by atoms with Crippen molar-refractivity contribution in [2.45, 2.75) is 18.9 Å². The van der Waals surface area contributed by atoms with Gasteiger partial charge in [-0.25, -0.2) is 4.79 Å². The zero-order valence-electron chi connectivity index (χ0n) is 8.40. The number of nitrogens with zero attached hydrogens (tertiary/aromatic N) is 1. The minimum Gasteiger partial charge on any atom is -0.465 e. The SMILES string of the molecule is COC(=O)c1ccc2c(c1)CCC2N=O. The molecule has 0 radical (unpaired) electrons. The van der Waals surface area contributed by atoms with Gasteiger partial charge in [-0.15, -0.1) is 0 Å². The number of fused-ring (bicyclic) bond motifs is 1. The highest BCUT2D eigenvalue weighted by Gasteiger charge is 2.24. The fourth-order valence-corrected chi connectivity index (χ4v) is 1.95. The van der Waals surface area contributed by atoms with E-state index >= 15 is 0 Å². The van der Waals surface area contributed by atoms with Gasteiger partial charge in [0.1, 0.15) is 6.04 Å². The van der Waals surface area contributed by atoms with Gasteiger partial charge in [-0.1, -0.05) is 11.2 Å². The highest BCUT2D eigenvalue weighted by Crippen LogP contribution is 2.34. The summed E-state index contributed by atoms with van der Waals surface area (Å²) in [5, 5.41) is 3.06. The summed E-state index contributed by atoms with van der Waals surface area (Å²) in [7, 11) is 1.35. The highest BCUT2D eigenvalue weighted by molar-refractivity contribution is 5.89. The zero-order chi connectivity index (χ0) is 10.8. The average Bonchev–Trinajstić information content (AvgIpc) is 2.69. The largest absolute Gasteiger partial charge is 0.465 e. The van der Waals surface area contributed by atoms with E-state index in [-0.39, 0.29) is 12.0 Å². The van der Waals surface area contributed by atoms with Crippen molar-refractivity contribution in [2.75, 3.05) is 7.11 Å². The molecule has 0 bridgehead atoms. The van der Waals surface area contributed by atoms with Crippen molar-refractivity contribution in [1.29, 1.82) is 0 Å². The molecule has 0 aromatic heterocycles. The van der Waals surface area contributed by atoms with Crippen LogP contribution in [0.3, 0.4) is 0 Å². The summed E-state index contributed by atoms with van der Waals surface area (Å²) in [4.78, 5) is 21.8. The molecule has 0 amide bonds. The maximum absolute atomic E-state index is 11.3. The van der Waals surface area contributed by atoms with Gasteiger partial charge < -0.3 is 4.74 Å². The molecule has 0 saturated carbocycles. The van der Waals surface area contributed by atoms with Gasteiger partial charge in [-0.3, -0.25) is 0 Å². The average molecular weight is 205 g/mol. The molecular weight excluding hydrogens is 194 g/mol. The first-order chi connectivity index (χ1) is 7.26. The third-order valence-electron chi connectivity index (χ3n) is 2.74. The number of nitroso groups, excluding NO2 is 1. The summed E-state index contributed by atoms with van der Waals surface area (Å²) in [6.45, 7) is 0. The molecule has 1 aromatic carbocycles. The van der Waals surface area contributed by atoms with Gasteiger partial charge in [0.15, 0.2) is 0 Å². The lowest BCUT2D eigenvalue weighted by molar-refractivity contribution is 0.0600. The van der Waals surface area contributed by atoms with E-state index in [1.165, 1.54) is 7.11 Å². The first-order valence-corrected chi connectivity index (χ1v) is 4.80. The molecule has 0 saturated heterocycles. The van der Waals surface area contributed by atoms with Crippen LogP contribution in [0, 0.1) is 4.91 Å². The van der Waals surface area contributed by atoms with Crippen LogP contribution in [0.5, 0.6) is 0 Å². The fraction of sp³-hybridized carbons (Fsp3) is 0.364. The molecule has 1 atom stereocenters. The highest BCUT2D eigenvalue weighted by atomic mass is 16.5. The molecule has 2 rings (SSSR count). The number of carbonyl (C=O) groups is 1. The van der Waals surface area contributed by atoms with Gasteiger partial charge in [0.2, 0.25) is 0 Å². The molecule has 0 spiro atoms. The van der Waals surface area contributed by atoms with Gasteiger partial charge in [0.25, 0.3) is 0 Å². The molecular formula is C11H11NO3. The number of benzene rings is 1. The molecule has 15 heavy (non-hydrogen) atoms. The third-order valence-corrected chi connectivity index (χ3v) is 2.74. The summed E-state index contributed by atoms with van der Waals surface area (Å²) in [6.07, 6.45) is 1.54. The minimum atomic E-state index is -0.347. The number of hydrogen-bond acceptors (Lipinski definition) is 4. The lowest BCUT2D eigenvalue weighted by Crippen LogP contribution is -2.02. The van der Waals surface area contributed by atoms with Crippen LogP contribution >= 0.6 is 0 Å². The Morgan fingerprint density at radius 3 is 3.00 bits per heavy atom. The molecule has 0 aliphatic heterocycles. The summed E-state index contributed by atoms with van der Waals surface area (Å²) in [5.74, 6) is -0.347. The van der Waals surface area contributed by atoms with Gasteiger partial charge in [-0.2, -0.15) is 4.91 Å². The van der Waals surface area contributed by atoms with E-state index in [1.807, 2.05) is 0 Å². The topological polar surface area (TPSA) is 55.7 Å². The first-order valence-electron chi connectivity index (χ1n) is 4.80. The standard InChI is InChI=1S/C11H11NO3/c1-15-11(13)8-2-4-9-7(6-8)3-5-10(9)12-14/h2,4,6,10H,3,5H2,1H3. The molecule has 78 valence electrons. The Hall–Kier alpha value is -1.71. The lowest BCUT2D eigenvalue weighted by atomic mass is 10.1. The molecule has 0 fully saturated rings. The van der Waals surface area contributed by atoms with Crippen molar-refractivity contribution in [2.24, 2.45) is 5.18 Å². The maximum atomic E-state index is 11.3. The Balaban J connectivity index is 2.37. The van der Waals surface area contributed by atoms with E-state index in [9.17, 15) is 9.70 Å². The summed E-state index contributed by atoms with van der Waals surface area (Å²) in [5.41, 5.74) is 2.50. The second kappa shape index (κ2) is 3.81. The second-order valence-corrected chi connectivity index (χ2v) is 3.57. The second-order valence-electron chi connectivity index (χ2n) is 3.57. The Morgan fingerprint density at radius 2 is 2.33 bits per heavy atom. The van der Waals surface area contributed by atoms with Crippen molar-refractivity contribution >= 4 is 5.97 Å². The molecule has 1 unspecified atom stereocenters. The van der Waals surface area contributed by atoms with Gasteiger partial charge in [-0.05, 0) is 36.1 Å². The number of rotatable bonds is 2. The molecule has 1 aliphatic carbocycles. The molecule has 1 aliphatic rings. The predicted octanol–water partition coefficient (Wildman–Crippen LogP) is 2.23. The molecule has 0 N–H and O–H groups in total. The number of esters is 1. The van der Waals surface area contributed by atoms with Gasteiger partial charge in [0.05, 0.1) is 12.7 Å². The molecule has 0 heterocycles. The Bertz CT molecular complexity index is 414. The van der Waals surface area contributed by atoms with Crippen LogP contribution in [0.4, 0.5) is 0 Å². The van der Waals surface area contributed by atoms with Crippen molar-refractivity contribution in [3.8, 4) is 0 Å². The van der Waals surface area contributed by atoms with Gasteiger partial charge >= 0.3 is 5.97 Å². The fourth-order valence-electron chi connectivity index (χ4n) is 1.95. The van der Waals surface area contributed by atoms with Crippen LogP contribution in [0.25, 0.3) is 0 Å². The first kappa shape index (κ1) is 9.83. The number of methoxy groups -OCH3 is 1. The van der Waals surface area contributed by atoms with Crippen LogP contribution in [-0.2, 0) is 11.2 Å². The summed E-state index contributed by atoms with van der Waals surface area (Å²) >= 11 is 0. The minimum absolute atomic E-state index is 0.244. The number of ether oxygens (including phenoxy) is 1. The van der Waals surface area contributed by atoms with E-state index in [0.29, 0.717) is 5.56 Å². The van der Waals surface area contributed by atoms with Crippen LogP contribution in [0.15, 0.2) is 23.4 Å². The van der Waals surface area contributed by atoms with Crippen LogP contribution in [-0.4, -0.2) is 13.1 Å². The normalized spacial score (nSPS) is 18.3. The third kappa shape index (κ3) is 1.63. The lowest BCUT2D eigenvalue weighted by Gasteiger charge is -2.04. The molecule has 1 aromatic rings. The van der Waals surface area contributed by atoms with E-state index in [4.69, 9.17) is 0 Å². The summed E-state index contributed by atoms with van der Waals surface area (Å²) in [6, 6.07) is 5.01. The summed E-state index contributed by atoms with van der Waals surface area (Å²) < 4.78 is 4.63.